The largest absolute Gasteiger partial charge is 0.469 e. The molecule has 0 unspecified atom stereocenters. The van der Waals surface area contributed by atoms with Crippen molar-refractivity contribution in [3.8, 4) is 6.07 Å². The number of imidazole rings is 1. The molecule has 0 spiro atoms. The molecule has 0 fully saturated rings. The Balaban J connectivity index is 2.11. The van der Waals surface area contributed by atoms with Gasteiger partial charge in [0.05, 0.1) is 29.8 Å². The van der Waals surface area contributed by atoms with E-state index < -0.39 is 5.97 Å². The Kier molecular flexibility index (Phi) is 4.73. The van der Waals surface area contributed by atoms with Gasteiger partial charge in [-0.3, -0.25) is 9.20 Å². The van der Waals surface area contributed by atoms with Crippen molar-refractivity contribution in [3.63, 3.8) is 0 Å². The lowest BCUT2D eigenvalue weighted by Crippen LogP contribution is -2.04. The summed E-state index contributed by atoms with van der Waals surface area (Å²) in [5.41, 5.74) is 1.80. The summed E-state index contributed by atoms with van der Waals surface area (Å²) in [6, 6.07) is 12.3. The van der Waals surface area contributed by atoms with Crippen LogP contribution in [0.15, 0.2) is 52.8 Å². The molecule has 0 aliphatic heterocycles. The monoisotopic (exact) mass is 353 g/mol. The molecule has 3 aromatic rings. The van der Waals surface area contributed by atoms with E-state index in [0.29, 0.717) is 33.4 Å². The second kappa shape index (κ2) is 7.11. The van der Waals surface area contributed by atoms with Crippen molar-refractivity contribution in [1.29, 1.82) is 5.26 Å². The molecule has 124 valence electrons. The van der Waals surface area contributed by atoms with Crippen LogP contribution < -0.4 is 0 Å². The van der Waals surface area contributed by atoms with Crippen LogP contribution >= 0.6 is 11.6 Å². The number of aromatic nitrogens is 2. The number of fused-ring (bicyclic) bond motifs is 1. The summed E-state index contributed by atoms with van der Waals surface area (Å²) in [4.78, 5) is 16.0. The number of carbonyl (C=O) groups is 1. The first-order valence-electron chi connectivity index (χ1n) is 7.26. The Bertz CT molecular complexity index is 1020. The molecule has 0 saturated heterocycles. The zero-order chi connectivity index (χ0) is 17.8. The van der Waals surface area contributed by atoms with Crippen molar-refractivity contribution in [1.82, 2.24) is 9.38 Å². The predicted octanol–water partition coefficient (Wildman–Crippen LogP) is 3.99. The molecule has 2 heterocycles. The maximum absolute atomic E-state index is 11.6. The number of methoxy groups -OCH3 is 1. The Morgan fingerprint density at radius 3 is 2.88 bits per heavy atom. The van der Waals surface area contributed by atoms with Gasteiger partial charge in [0.1, 0.15) is 17.4 Å². The first-order chi connectivity index (χ1) is 12.1. The number of benzene rings is 1. The number of rotatable bonds is 4. The molecule has 2 aromatic heterocycles. The van der Waals surface area contributed by atoms with E-state index in [0.717, 1.165) is 0 Å². The average Bonchev–Trinajstić information content (AvgIpc) is 2.96. The number of esters is 1. The van der Waals surface area contributed by atoms with Crippen LogP contribution in [0.4, 0.5) is 11.5 Å². The molecule has 8 heteroatoms. The maximum atomic E-state index is 11.6. The fourth-order valence-electron chi connectivity index (χ4n) is 2.25. The van der Waals surface area contributed by atoms with Gasteiger partial charge in [-0.15, -0.1) is 10.2 Å². The Hall–Kier alpha value is -3.24. The van der Waals surface area contributed by atoms with E-state index in [9.17, 15) is 4.79 Å². The number of pyridine rings is 1. The summed E-state index contributed by atoms with van der Waals surface area (Å²) in [5, 5.41) is 18.0. The van der Waals surface area contributed by atoms with Gasteiger partial charge in [0.15, 0.2) is 5.82 Å². The number of hydrogen-bond acceptors (Lipinski definition) is 6. The molecule has 0 amide bonds. The Labute approximate surface area is 148 Å². The number of halogens is 1. The van der Waals surface area contributed by atoms with E-state index in [1.807, 2.05) is 0 Å². The van der Waals surface area contributed by atoms with Crippen LogP contribution in [-0.4, -0.2) is 22.5 Å². The summed E-state index contributed by atoms with van der Waals surface area (Å²) < 4.78 is 6.34. The fraction of sp³-hybridized carbons (Fsp3) is 0.118. The summed E-state index contributed by atoms with van der Waals surface area (Å²) in [6.45, 7) is 0. The molecule has 0 atom stereocenters. The smallest absolute Gasteiger partial charge is 0.311 e. The van der Waals surface area contributed by atoms with Gasteiger partial charge in [-0.2, -0.15) is 5.26 Å². The molecule has 7 nitrogen and oxygen atoms in total. The van der Waals surface area contributed by atoms with Crippen LogP contribution in [-0.2, 0) is 16.0 Å². The second-order valence-electron chi connectivity index (χ2n) is 5.04. The minimum Gasteiger partial charge on any atom is -0.469 e. The summed E-state index contributed by atoms with van der Waals surface area (Å²) in [7, 11) is 1.30. The van der Waals surface area contributed by atoms with E-state index in [1.54, 1.807) is 47.0 Å². The van der Waals surface area contributed by atoms with Crippen molar-refractivity contribution < 1.29 is 9.53 Å². The van der Waals surface area contributed by atoms with Crippen LogP contribution in [0.25, 0.3) is 5.65 Å². The minimum absolute atomic E-state index is 0.0515. The summed E-state index contributed by atoms with van der Waals surface area (Å²) in [6.07, 6.45) is 1.58. The minimum atomic E-state index is -0.441. The van der Waals surface area contributed by atoms with E-state index in [1.165, 1.54) is 7.11 Å². The lowest BCUT2D eigenvalue weighted by molar-refractivity contribution is -0.139. The molecule has 0 N–H and O–H groups in total. The van der Waals surface area contributed by atoms with Crippen LogP contribution in [0.3, 0.4) is 0 Å². The van der Waals surface area contributed by atoms with Crippen molar-refractivity contribution >= 4 is 34.7 Å². The first kappa shape index (κ1) is 16.6. The topological polar surface area (TPSA) is 92.1 Å². The molecular weight excluding hydrogens is 342 g/mol. The highest BCUT2D eigenvalue weighted by Crippen LogP contribution is 2.27. The van der Waals surface area contributed by atoms with Crippen molar-refractivity contribution in [3.05, 3.63) is 58.9 Å². The van der Waals surface area contributed by atoms with Crippen LogP contribution in [0.5, 0.6) is 0 Å². The molecule has 0 bridgehead atoms. The fourth-order valence-corrected chi connectivity index (χ4v) is 2.41. The summed E-state index contributed by atoms with van der Waals surface area (Å²) in [5.74, 6) is -0.0842. The Morgan fingerprint density at radius 1 is 1.32 bits per heavy atom. The molecule has 0 aliphatic rings. The van der Waals surface area contributed by atoms with E-state index in [2.05, 4.69) is 21.3 Å². The third-order valence-electron chi connectivity index (χ3n) is 3.44. The second-order valence-corrected chi connectivity index (χ2v) is 5.48. The quantitative estimate of drug-likeness (QED) is 0.523. The maximum Gasteiger partial charge on any atom is 0.311 e. The standard InChI is InChI=1S/C17H12ClN5O2/c1-25-16(24)8-14-17(23-10-12(18)6-7-15(23)20-14)22-21-13-5-3-2-4-11(13)9-19/h2-7,10H,8H2,1H3. The molecule has 0 radical (unpaired) electrons. The van der Waals surface area contributed by atoms with E-state index in [4.69, 9.17) is 21.6 Å². The number of ether oxygens (including phenoxy) is 1. The molecular formula is C17H12ClN5O2. The zero-order valence-corrected chi connectivity index (χ0v) is 13.9. The van der Waals surface area contributed by atoms with Gasteiger partial charge in [-0.25, -0.2) is 4.98 Å². The molecule has 3 rings (SSSR count). The highest BCUT2D eigenvalue weighted by atomic mass is 35.5. The van der Waals surface area contributed by atoms with Gasteiger partial charge in [0, 0.05) is 6.20 Å². The van der Waals surface area contributed by atoms with Gasteiger partial charge in [0.25, 0.3) is 0 Å². The van der Waals surface area contributed by atoms with Gasteiger partial charge in [0.2, 0.25) is 0 Å². The van der Waals surface area contributed by atoms with Gasteiger partial charge in [-0.1, -0.05) is 23.7 Å². The highest BCUT2D eigenvalue weighted by Gasteiger charge is 2.16. The lowest BCUT2D eigenvalue weighted by Gasteiger charge is -2.00. The van der Waals surface area contributed by atoms with Crippen LogP contribution in [0.2, 0.25) is 5.02 Å². The van der Waals surface area contributed by atoms with Gasteiger partial charge < -0.3 is 4.74 Å². The van der Waals surface area contributed by atoms with Gasteiger partial charge >= 0.3 is 5.97 Å². The Morgan fingerprint density at radius 2 is 2.12 bits per heavy atom. The summed E-state index contributed by atoms with van der Waals surface area (Å²) >= 11 is 6.04. The average molecular weight is 354 g/mol. The molecule has 0 aliphatic carbocycles. The van der Waals surface area contributed by atoms with Crippen LogP contribution in [0.1, 0.15) is 11.3 Å². The van der Waals surface area contributed by atoms with Crippen LogP contribution in [0, 0.1) is 11.3 Å². The first-order valence-corrected chi connectivity index (χ1v) is 7.64. The normalized spacial score (nSPS) is 10.9. The van der Waals surface area contributed by atoms with E-state index >= 15 is 0 Å². The SMILES string of the molecule is COC(=O)Cc1nc2ccc(Cl)cn2c1N=Nc1ccccc1C#N. The van der Waals surface area contributed by atoms with Crippen molar-refractivity contribution in [2.24, 2.45) is 10.2 Å². The molecule has 1 aromatic carbocycles. The molecule has 25 heavy (non-hydrogen) atoms. The number of azo groups is 1. The lowest BCUT2D eigenvalue weighted by atomic mass is 10.2. The number of hydrogen-bond donors (Lipinski definition) is 0. The predicted molar refractivity (Wildman–Crippen MR) is 91.3 cm³/mol. The van der Waals surface area contributed by atoms with Crippen molar-refractivity contribution in [2.45, 2.75) is 6.42 Å². The number of nitriles is 1. The molecule has 0 saturated carbocycles. The number of nitrogens with zero attached hydrogens (tertiary/aromatic N) is 5. The van der Waals surface area contributed by atoms with Gasteiger partial charge in [-0.05, 0) is 24.3 Å². The third-order valence-corrected chi connectivity index (χ3v) is 3.67. The van der Waals surface area contributed by atoms with E-state index in [-0.39, 0.29) is 6.42 Å². The van der Waals surface area contributed by atoms with Crippen molar-refractivity contribution in [2.75, 3.05) is 7.11 Å². The third kappa shape index (κ3) is 3.49. The highest BCUT2D eigenvalue weighted by molar-refractivity contribution is 6.30. The number of carbonyl (C=O) groups excluding carboxylic acids is 1. The zero-order valence-electron chi connectivity index (χ0n) is 13.2.